The summed E-state index contributed by atoms with van der Waals surface area (Å²) in [5, 5.41) is 2.51. The number of ether oxygens (including phenoxy) is 1. The van der Waals surface area contributed by atoms with Gasteiger partial charge in [0.05, 0.1) is 5.56 Å². The van der Waals surface area contributed by atoms with Gasteiger partial charge in [-0.3, -0.25) is 0 Å². The van der Waals surface area contributed by atoms with Crippen LogP contribution in [0, 0.1) is 5.82 Å². The molecule has 1 aromatic carbocycles. The van der Waals surface area contributed by atoms with E-state index in [4.69, 9.17) is 4.74 Å². The smallest absolute Gasteiger partial charge is 0.416 e. The average Bonchev–Trinajstić information content (AvgIpc) is 2.36. The number of alkyl halides is 3. The molecule has 3 nitrogen and oxygen atoms in total. The van der Waals surface area contributed by atoms with E-state index in [2.05, 4.69) is 26.2 Å². The number of pyridine rings is 1. The average molecular weight is 365 g/mol. The zero-order chi connectivity index (χ0) is 15.6. The quantitative estimate of drug-likeness (QED) is 0.791. The highest BCUT2D eigenvalue weighted by Gasteiger charge is 2.32. The highest BCUT2D eigenvalue weighted by Crippen LogP contribution is 2.34. The van der Waals surface area contributed by atoms with E-state index in [-0.39, 0.29) is 17.4 Å². The van der Waals surface area contributed by atoms with Crippen LogP contribution in [0.15, 0.2) is 34.8 Å². The number of hydrogen-bond donors (Lipinski definition) is 1. The molecule has 0 spiro atoms. The fraction of sp³-hybridized carbons (Fsp3) is 0.154. The van der Waals surface area contributed by atoms with Gasteiger partial charge in [-0.1, -0.05) is 15.9 Å². The molecule has 0 atom stereocenters. The number of nitrogens with zero attached hydrogens (tertiary/aromatic N) is 1. The molecule has 8 heteroatoms. The minimum atomic E-state index is -4.53. The van der Waals surface area contributed by atoms with Gasteiger partial charge in [0.15, 0.2) is 0 Å². The molecule has 2 rings (SSSR count). The second kappa shape index (κ2) is 5.88. The van der Waals surface area contributed by atoms with E-state index in [9.17, 15) is 17.6 Å². The van der Waals surface area contributed by atoms with Gasteiger partial charge in [-0.2, -0.15) is 18.2 Å². The maximum atomic E-state index is 13.2. The third-order valence-electron chi connectivity index (χ3n) is 2.44. The number of benzene rings is 1. The number of nitrogens with one attached hydrogen (secondary N) is 1. The number of aromatic nitrogens is 1. The van der Waals surface area contributed by atoms with E-state index in [1.54, 1.807) is 0 Å². The zero-order valence-electron chi connectivity index (χ0n) is 10.6. The van der Waals surface area contributed by atoms with Gasteiger partial charge in [-0.25, -0.2) is 4.39 Å². The summed E-state index contributed by atoms with van der Waals surface area (Å²) in [6, 6.07) is 5.27. The van der Waals surface area contributed by atoms with Crippen molar-refractivity contribution in [1.29, 1.82) is 0 Å². The lowest BCUT2D eigenvalue weighted by molar-refractivity contribution is -0.137. The van der Waals surface area contributed by atoms with Gasteiger partial charge in [0.2, 0.25) is 5.88 Å². The monoisotopic (exact) mass is 364 g/mol. The Morgan fingerprint density at radius 2 is 1.86 bits per heavy atom. The summed E-state index contributed by atoms with van der Waals surface area (Å²) in [5.41, 5.74) is -0.910. The summed E-state index contributed by atoms with van der Waals surface area (Å²) in [4.78, 5) is 3.85. The van der Waals surface area contributed by atoms with Crippen molar-refractivity contribution in [3.63, 3.8) is 0 Å². The molecule has 2 aromatic rings. The first-order valence-corrected chi connectivity index (χ1v) is 6.48. The van der Waals surface area contributed by atoms with E-state index in [0.717, 1.165) is 18.2 Å². The van der Waals surface area contributed by atoms with Gasteiger partial charge < -0.3 is 10.1 Å². The molecular weight excluding hydrogens is 356 g/mol. The largest absolute Gasteiger partial charge is 0.439 e. The number of halogens is 5. The highest BCUT2D eigenvalue weighted by molar-refractivity contribution is 9.10. The predicted octanol–water partition coefficient (Wildman–Crippen LogP) is 4.84. The van der Waals surface area contributed by atoms with Crippen LogP contribution in [0.25, 0.3) is 0 Å². The van der Waals surface area contributed by atoms with Crippen molar-refractivity contribution in [1.82, 2.24) is 4.98 Å². The molecular formula is C13H9BrF4N2O. The second-order valence-corrected chi connectivity index (χ2v) is 4.95. The van der Waals surface area contributed by atoms with Gasteiger partial charge in [0.25, 0.3) is 0 Å². The van der Waals surface area contributed by atoms with Crippen LogP contribution in [0.5, 0.6) is 11.6 Å². The minimum absolute atomic E-state index is 0.00436. The van der Waals surface area contributed by atoms with Gasteiger partial charge in [-0.05, 0) is 18.2 Å². The lowest BCUT2D eigenvalue weighted by Crippen LogP contribution is -2.07. The standard InChI is InChI=1S/C13H9BrF4N2O/c1-19-11-2-7(13(16,17)18)3-12(20-11)21-10-5-8(14)4-9(15)6-10/h2-6H,1H3,(H,19,20). The maximum absolute atomic E-state index is 13.2. The number of rotatable bonds is 3. The molecule has 0 aliphatic rings. The van der Waals surface area contributed by atoms with Crippen molar-refractivity contribution in [2.24, 2.45) is 0 Å². The molecule has 0 saturated carbocycles. The van der Waals surface area contributed by atoms with Crippen LogP contribution in [-0.2, 0) is 6.18 Å². The highest BCUT2D eigenvalue weighted by atomic mass is 79.9. The van der Waals surface area contributed by atoms with Crippen LogP contribution in [0.1, 0.15) is 5.56 Å². The van der Waals surface area contributed by atoms with Crippen LogP contribution in [0.3, 0.4) is 0 Å². The molecule has 0 fully saturated rings. The van der Waals surface area contributed by atoms with Crippen molar-refractivity contribution < 1.29 is 22.3 Å². The lowest BCUT2D eigenvalue weighted by Gasteiger charge is -2.12. The molecule has 1 aromatic heterocycles. The van der Waals surface area contributed by atoms with Crippen molar-refractivity contribution in [3.05, 3.63) is 46.2 Å². The Kier molecular flexibility index (Phi) is 4.36. The van der Waals surface area contributed by atoms with Crippen LogP contribution < -0.4 is 10.1 Å². The fourth-order valence-corrected chi connectivity index (χ4v) is 2.00. The third kappa shape index (κ3) is 4.07. The predicted molar refractivity (Wildman–Crippen MR) is 73.0 cm³/mol. The van der Waals surface area contributed by atoms with Gasteiger partial charge >= 0.3 is 6.18 Å². The minimum Gasteiger partial charge on any atom is -0.439 e. The first-order valence-electron chi connectivity index (χ1n) is 5.69. The summed E-state index contributed by atoms with van der Waals surface area (Å²) >= 11 is 3.07. The molecule has 1 N–H and O–H groups in total. The molecule has 0 bridgehead atoms. The molecule has 0 amide bonds. The maximum Gasteiger partial charge on any atom is 0.416 e. The molecule has 0 saturated heterocycles. The summed E-state index contributed by atoms with van der Waals surface area (Å²) in [6.45, 7) is 0. The molecule has 0 aliphatic carbocycles. The Labute approximate surface area is 126 Å². The summed E-state index contributed by atoms with van der Waals surface area (Å²) in [5.74, 6) is -0.835. The summed E-state index contributed by atoms with van der Waals surface area (Å²) in [6.07, 6.45) is -4.53. The van der Waals surface area contributed by atoms with Crippen molar-refractivity contribution >= 4 is 21.7 Å². The van der Waals surface area contributed by atoms with E-state index in [1.807, 2.05) is 0 Å². The SMILES string of the molecule is CNc1cc(C(F)(F)F)cc(Oc2cc(F)cc(Br)c2)n1. The zero-order valence-corrected chi connectivity index (χ0v) is 12.2. The second-order valence-electron chi connectivity index (χ2n) is 4.03. The topological polar surface area (TPSA) is 34.1 Å². The Balaban J connectivity index is 2.39. The Morgan fingerprint density at radius 1 is 1.14 bits per heavy atom. The van der Waals surface area contributed by atoms with Gasteiger partial charge in [0.1, 0.15) is 17.4 Å². The van der Waals surface area contributed by atoms with Crippen LogP contribution in [0.2, 0.25) is 0 Å². The van der Waals surface area contributed by atoms with Crippen LogP contribution in [-0.4, -0.2) is 12.0 Å². The lowest BCUT2D eigenvalue weighted by atomic mass is 10.2. The Hall–Kier alpha value is -1.83. The Bertz CT molecular complexity index is 641. The third-order valence-corrected chi connectivity index (χ3v) is 2.90. The normalized spacial score (nSPS) is 11.3. The Morgan fingerprint density at radius 3 is 2.43 bits per heavy atom. The summed E-state index contributed by atoms with van der Waals surface area (Å²) < 4.78 is 57.1. The molecule has 0 unspecified atom stereocenters. The molecule has 1 heterocycles. The van der Waals surface area contributed by atoms with Crippen molar-refractivity contribution in [2.75, 3.05) is 12.4 Å². The number of hydrogen-bond acceptors (Lipinski definition) is 3. The molecule has 21 heavy (non-hydrogen) atoms. The van der Waals surface area contributed by atoms with Crippen molar-refractivity contribution in [2.45, 2.75) is 6.18 Å². The van der Waals surface area contributed by atoms with E-state index >= 15 is 0 Å². The van der Waals surface area contributed by atoms with E-state index in [1.165, 1.54) is 19.2 Å². The molecule has 112 valence electrons. The first kappa shape index (κ1) is 15.6. The van der Waals surface area contributed by atoms with Crippen LogP contribution >= 0.6 is 15.9 Å². The van der Waals surface area contributed by atoms with Crippen molar-refractivity contribution in [3.8, 4) is 11.6 Å². The number of anilines is 1. The first-order chi connectivity index (χ1) is 9.77. The van der Waals surface area contributed by atoms with E-state index < -0.39 is 17.6 Å². The molecule has 0 radical (unpaired) electrons. The fourth-order valence-electron chi connectivity index (χ4n) is 1.56. The van der Waals surface area contributed by atoms with E-state index in [0.29, 0.717) is 4.47 Å². The van der Waals surface area contributed by atoms with Gasteiger partial charge in [0, 0.05) is 23.7 Å². The molecule has 0 aliphatic heterocycles. The van der Waals surface area contributed by atoms with Crippen LogP contribution in [0.4, 0.5) is 23.4 Å². The van der Waals surface area contributed by atoms with Gasteiger partial charge in [-0.15, -0.1) is 0 Å². The summed E-state index contributed by atoms with van der Waals surface area (Å²) in [7, 11) is 1.44.